The van der Waals surface area contributed by atoms with Crippen LogP contribution in [-0.2, 0) is 4.74 Å². The van der Waals surface area contributed by atoms with Gasteiger partial charge in [0.05, 0.1) is 31.8 Å². The summed E-state index contributed by atoms with van der Waals surface area (Å²) in [4.78, 5) is 0. The quantitative estimate of drug-likeness (QED) is 0.696. The van der Waals surface area contributed by atoms with Crippen molar-refractivity contribution in [1.82, 2.24) is 0 Å². The lowest BCUT2D eigenvalue weighted by Gasteiger charge is -2.43. The van der Waals surface area contributed by atoms with E-state index in [1.54, 1.807) is 14.2 Å². The molecule has 0 aliphatic carbocycles. The third-order valence-electron chi connectivity index (χ3n) is 6.14. The Hall–Kier alpha value is -2.86. The Morgan fingerprint density at radius 2 is 1.81 bits per heavy atom. The molecule has 164 valence electrons. The van der Waals surface area contributed by atoms with E-state index < -0.39 is 0 Å². The van der Waals surface area contributed by atoms with E-state index in [-0.39, 0.29) is 23.7 Å². The molecule has 0 aromatic heterocycles. The summed E-state index contributed by atoms with van der Waals surface area (Å²) in [6, 6.07) is 7.95. The van der Waals surface area contributed by atoms with Crippen LogP contribution < -0.4 is 23.7 Å². The van der Waals surface area contributed by atoms with Crippen molar-refractivity contribution in [2.45, 2.75) is 44.5 Å². The summed E-state index contributed by atoms with van der Waals surface area (Å²) in [6.45, 7) is 7.12. The van der Waals surface area contributed by atoms with Gasteiger partial charge in [-0.3, -0.25) is 0 Å². The second kappa shape index (κ2) is 7.38. The molecular formula is C25H28O6. The van der Waals surface area contributed by atoms with Crippen molar-refractivity contribution in [2.75, 3.05) is 27.4 Å². The third-order valence-corrected chi connectivity index (χ3v) is 6.14. The Balaban J connectivity index is 1.64. The van der Waals surface area contributed by atoms with Gasteiger partial charge in [0, 0.05) is 23.8 Å². The highest BCUT2D eigenvalue weighted by Gasteiger charge is 2.46. The van der Waals surface area contributed by atoms with Crippen LogP contribution in [0.2, 0.25) is 0 Å². The van der Waals surface area contributed by atoms with Crippen LogP contribution in [-0.4, -0.2) is 39.1 Å². The molecule has 6 heteroatoms. The molecule has 6 nitrogen and oxygen atoms in total. The summed E-state index contributed by atoms with van der Waals surface area (Å²) < 4.78 is 36.1. The van der Waals surface area contributed by atoms with E-state index in [0.29, 0.717) is 24.7 Å². The molecule has 0 fully saturated rings. The van der Waals surface area contributed by atoms with E-state index in [0.717, 1.165) is 33.9 Å². The fourth-order valence-corrected chi connectivity index (χ4v) is 4.72. The average molecular weight is 424 g/mol. The minimum atomic E-state index is -0.347. The van der Waals surface area contributed by atoms with Crippen LogP contribution in [0.25, 0.3) is 6.08 Å². The van der Waals surface area contributed by atoms with Crippen LogP contribution >= 0.6 is 0 Å². The van der Waals surface area contributed by atoms with Crippen molar-refractivity contribution in [3.05, 3.63) is 47.0 Å². The second-order valence-corrected chi connectivity index (χ2v) is 8.55. The van der Waals surface area contributed by atoms with Crippen LogP contribution in [0, 0.1) is 0 Å². The van der Waals surface area contributed by atoms with Gasteiger partial charge < -0.3 is 28.4 Å². The van der Waals surface area contributed by atoms with Crippen molar-refractivity contribution in [2.24, 2.45) is 0 Å². The van der Waals surface area contributed by atoms with Gasteiger partial charge in [0.1, 0.15) is 35.6 Å². The normalized spacial score (nSPS) is 24.4. The molecule has 0 radical (unpaired) electrons. The summed E-state index contributed by atoms with van der Waals surface area (Å²) in [5, 5.41) is 0. The van der Waals surface area contributed by atoms with Crippen LogP contribution in [0.5, 0.6) is 28.7 Å². The highest BCUT2D eigenvalue weighted by Crippen LogP contribution is 2.54. The van der Waals surface area contributed by atoms with E-state index in [1.165, 1.54) is 0 Å². The molecule has 3 atom stereocenters. The third kappa shape index (κ3) is 3.21. The zero-order valence-corrected chi connectivity index (χ0v) is 18.6. The van der Waals surface area contributed by atoms with Gasteiger partial charge in [-0.1, -0.05) is 0 Å². The van der Waals surface area contributed by atoms with Gasteiger partial charge in [-0.05, 0) is 51.1 Å². The molecule has 3 aliphatic rings. The molecular weight excluding hydrogens is 396 g/mol. The lowest BCUT2D eigenvalue weighted by molar-refractivity contribution is -0.0367. The molecule has 0 amide bonds. The van der Waals surface area contributed by atoms with E-state index in [9.17, 15) is 0 Å². The summed E-state index contributed by atoms with van der Waals surface area (Å²) in [5.41, 5.74) is 2.64. The fraction of sp³-hybridized carbons (Fsp3) is 0.440. The average Bonchev–Trinajstić information content (AvgIpc) is 2.76. The van der Waals surface area contributed by atoms with E-state index in [2.05, 4.69) is 18.2 Å². The van der Waals surface area contributed by atoms with Crippen LogP contribution in [0.3, 0.4) is 0 Å². The standard InChI is InChI=1S/C25H28O6/c1-6-28-24-15-7-8-17-14(9-10-25(2,3)31-17)23(15)30-21-13-29-18-12-20(27-5)19(26-4)11-16(18)22(21)24/h7-12,21-22,24H,6,13H2,1-5H3/t21-,22+,24-/m1/s1. The number of fused-ring (bicyclic) bond motifs is 6. The molecule has 2 aromatic rings. The van der Waals surface area contributed by atoms with Gasteiger partial charge >= 0.3 is 0 Å². The first-order valence-electron chi connectivity index (χ1n) is 10.7. The smallest absolute Gasteiger partial charge is 0.164 e. The van der Waals surface area contributed by atoms with Crippen molar-refractivity contribution in [1.29, 1.82) is 0 Å². The van der Waals surface area contributed by atoms with Gasteiger partial charge in [0.25, 0.3) is 0 Å². The van der Waals surface area contributed by atoms with Crippen molar-refractivity contribution in [3.8, 4) is 28.7 Å². The monoisotopic (exact) mass is 424 g/mol. The van der Waals surface area contributed by atoms with Gasteiger partial charge in [0.2, 0.25) is 0 Å². The number of benzene rings is 2. The number of hydrogen-bond acceptors (Lipinski definition) is 6. The van der Waals surface area contributed by atoms with Crippen molar-refractivity contribution < 1.29 is 28.4 Å². The van der Waals surface area contributed by atoms with E-state index in [4.69, 9.17) is 28.4 Å². The van der Waals surface area contributed by atoms with Gasteiger partial charge in [-0.15, -0.1) is 0 Å². The first-order chi connectivity index (χ1) is 15.0. The van der Waals surface area contributed by atoms with Crippen molar-refractivity contribution >= 4 is 6.08 Å². The highest BCUT2D eigenvalue weighted by atomic mass is 16.6. The first-order valence-corrected chi connectivity index (χ1v) is 10.7. The molecule has 0 unspecified atom stereocenters. The predicted molar refractivity (Wildman–Crippen MR) is 117 cm³/mol. The summed E-state index contributed by atoms with van der Waals surface area (Å²) >= 11 is 0. The Labute approximate surface area is 182 Å². The molecule has 0 saturated heterocycles. The maximum Gasteiger partial charge on any atom is 0.164 e. The molecule has 5 rings (SSSR count). The number of ether oxygens (including phenoxy) is 6. The van der Waals surface area contributed by atoms with Gasteiger partial charge in [0.15, 0.2) is 11.5 Å². The van der Waals surface area contributed by atoms with Gasteiger partial charge in [-0.2, -0.15) is 0 Å². The molecule has 31 heavy (non-hydrogen) atoms. The second-order valence-electron chi connectivity index (χ2n) is 8.55. The molecule has 0 spiro atoms. The van der Waals surface area contributed by atoms with Crippen LogP contribution in [0.15, 0.2) is 30.3 Å². The number of hydrogen-bond donors (Lipinski definition) is 0. The fourth-order valence-electron chi connectivity index (χ4n) is 4.72. The number of methoxy groups -OCH3 is 2. The summed E-state index contributed by atoms with van der Waals surface area (Å²) in [6.07, 6.45) is 3.79. The molecule has 3 heterocycles. The SMILES string of the molecule is CCO[C@@H]1c2ccc3c(c2O[C@@H]2COc4cc(OC)c(OC)cc4[C@H]12)C=CC(C)(C)O3. The molecule has 2 aromatic carbocycles. The zero-order chi connectivity index (χ0) is 21.8. The Kier molecular flexibility index (Phi) is 4.77. The molecule has 0 bridgehead atoms. The lowest BCUT2D eigenvalue weighted by atomic mass is 9.79. The Morgan fingerprint density at radius 3 is 2.55 bits per heavy atom. The number of rotatable bonds is 4. The molecule has 0 N–H and O–H groups in total. The van der Waals surface area contributed by atoms with Crippen LogP contribution in [0.4, 0.5) is 0 Å². The van der Waals surface area contributed by atoms with E-state index >= 15 is 0 Å². The minimum absolute atomic E-state index is 0.0287. The summed E-state index contributed by atoms with van der Waals surface area (Å²) in [7, 11) is 3.26. The lowest BCUT2D eigenvalue weighted by Crippen LogP contribution is -2.43. The highest BCUT2D eigenvalue weighted by molar-refractivity contribution is 5.70. The first kappa shape index (κ1) is 20.1. The van der Waals surface area contributed by atoms with Gasteiger partial charge in [-0.25, -0.2) is 0 Å². The Morgan fingerprint density at radius 1 is 1.03 bits per heavy atom. The van der Waals surface area contributed by atoms with E-state index in [1.807, 2.05) is 39.0 Å². The van der Waals surface area contributed by atoms with Crippen molar-refractivity contribution in [3.63, 3.8) is 0 Å². The zero-order valence-electron chi connectivity index (χ0n) is 18.6. The van der Waals surface area contributed by atoms with Crippen LogP contribution in [0.1, 0.15) is 49.5 Å². The largest absolute Gasteiger partial charge is 0.493 e. The Bertz CT molecular complexity index is 1040. The summed E-state index contributed by atoms with van der Waals surface area (Å²) in [5.74, 6) is 3.69. The molecule has 0 saturated carbocycles. The maximum absolute atomic E-state index is 6.56. The topological polar surface area (TPSA) is 55.4 Å². The minimum Gasteiger partial charge on any atom is -0.493 e. The maximum atomic E-state index is 6.56. The molecule has 3 aliphatic heterocycles. The predicted octanol–water partition coefficient (Wildman–Crippen LogP) is 4.90.